The summed E-state index contributed by atoms with van der Waals surface area (Å²) in [6.07, 6.45) is 0.798. The zero-order chi connectivity index (χ0) is 9.26. The van der Waals surface area contributed by atoms with Crippen molar-refractivity contribution in [2.45, 2.75) is 12.3 Å². The smallest absolute Gasteiger partial charge is 0.225 e. The molecule has 13 heavy (non-hydrogen) atoms. The Morgan fingerprint density at radius 2 is 2.23 bits per heavy atom. The Morgan fingerprint density at radius 1 is 1.46 bits per heavy atom. The maximum absolute atomic E-state index is 11.1. The lowest BCUT2D eigenvalue weighted by atomic mass is 9.91. The maximum atomic E-state index is 11.1. The number of amides is 1. The SMILES string of the molecule is NC(=O)C1CCNc2ccccc21. The van der Waals surface area contributed by atoms with Gasteiger partial charge in [-0.2, -0.15) is 0 Å². The molecule has 0 aromatic heterocycles. The zero-order valence-corrected chi connectivity index (χ0v) is 7.29. The predicted octanol–water partition coefficient (Wildman–Crippen LogP) is 1.07. The van der Waals surface area contributed by atoms with E-state index in [0.717, 1.165) is 24.2 Å². The lowest BCUT2D eigenvalue weighted by Gasteiger charge is -2.24. The fraction of sp³-hybridized carbons (Fsp3) is 0.300. The monoisotopic (exact) mass is 176 g/mol. The van der Waals surface area contributed by atoms with Gasteiger partial charge in [-0.25, -0.2) is 0 Å². The van der Waals surface area contributed by atoms with Gasteiger partial charge in [0.1, 0.15) is 0 Å². The lowest BCUT2D eigenvalue weighted by Crippen LogP contribution is -2.27. The van der Waals surface area contributed by atoms with Crippen LogP contribution in [-0.4, -0.2) is 12.5 Å². The van der Waals surface area contributed by atoms with Gasteiger partial charge in [0.05, 0.1) is 5.92 Å². The Morgan fingerprint density at radius 3 is 3.00 bits per heavy atom. The molecule has 1 atom stereocenters. The molecule has 0 spiro atoms. The van der Waals surface area contributed by atoms with E-state index in [-0.39, 0.29) is 11.8 Å². The second-order valence-corrected chi connectivity index (χ2v) is 3.26. The largest absolute Gasteiger partial charge is 0.385 e. The number of fused-ring (bicyclic) bond motifs is 1. The Kier molecular flexibility index (Phi) is 1.93. The topological polar surface area (TPSA) is 55.1 Å². The van der Waals surface area contributed by atoms with Gasteiger partial charge in [-0.05, 0) is 18.1 Å². The highest BCUT2D eigenvalue weighted by atomic mass is 16.1. The van der Waals surface area contributed by atoms with E-state index in [0.29, 0.717) is 0 Å². The van der Waals surface area contributed by atoms with Crippen LogP contribution in [0.5, 0.6) is 0 Å². The summed E-state index contributed by atoms with van der Waals surface area (Å²) in [4.78, 5) is 11.1. The van der Waals surface area contributed by atoms with Crippen LogP contribution in [0.15, 0.2) is 24.3 Å². The number of anilines is 1. The quantitative estimate of drug-likeness (QED) is 0.672. The molecule has 2 rings (SSSR count). The number of nitrogens with two attached hydrogens (primary N) is 1. The molecule has 1 amide bonds. The van der Waals surface area contributed by atoms with E-state index in [1.54, 1.807) is 0 Å². The van der Waals surface area contributed by atoms with Gasteiger partial charge in [0, 0.05) is 12.2 Å². The lowest BCUT2D eigenvalue weighted by molar-refractivity contribution is -0.119. The van der Waals surface area contributed by atoms with Crippen LogP contribution in [0.3, 0.4) is 0 Å². The first-order chi connectivity index (χ1) is 6.29. The van der Waals surface area contributed by atoms with Crippen LogP contribution in [0, 0.1) is 0 Å². The standard InChI is InChI=1S/C10H12N2O/c11-10(13)8-5-6-12-9-4-2-1-3-7(8)9/h1-4,8,12H,5-6H2,(H2,11,13). The van der Waals surface area contributed by atoms with Crippen molar-refractivity contribution in [2.75, 3.05) is 11.9 Å². The van der Waals surface area contributed by atoms with Gasteiger partial charge >= 0.3 is 0 Å². The van der Waals surface area contributed by atoms with Gasteiger partial charge < -0.3 is 11.1 Å². The third-order valence-electron chi connectivity index (χ3n) is 2.43. The van der Waals surface area contributed by atoms with Crippen LogP contribution in [0.25, 0.3) is 0 Å². The molecule has 1 aliphatic heterocycles. The summed E-state index contributed by atoms with van der Waals surface area (Å²) in [7, 11) is 0. The summed E-state index contributed by atoms with van der Waals surface area (Å²) >= 11 is 0. The average molecular weight is 176 g/mol. The maximum Gasteiger partial charge on any atom is 0.225 e. The van der Waals surface area contributed by atoms with Crippen molar-refractivity contribution in [1.82, 2.24) is 0 Å². The molecule has 1 aromatic rings. The molecule has 3 nitrogen and oxygen atoms in total. The van der Waals surface area contributed by atoms with Crippen LogP contribution in [-0.2, 0) is 4.79 Å². The van der Waals surface area contributed by atoms with Crippen molar-refractivity contribution in [3.05, 3.63) is 29.8 Å². The van der Waals surface area contributed by atoms with Crippen molar-refractivity contribution in [3.8, 4) is 0 Å². The summed E-state index contributed by atoms with van der Waals surface area (Å²) in [6.45, 7) is 0.824. The molecule has 3 N–H and O–H groups in total. The summed E-state index contributed by atoms with van der Waals surface area (Å²) in [5, 5.41) is 3.24. The van der Waals surface area contributed by atoms with Gasteiger partial charge in [0.15, 0.2) is 0 Å². The molecule has 0 bridgehead atoms. The third kappa shape index (κ3) is 1.37. The highest BCUT2D eigenvalue weighted by Crippen LogP contribution is 2.30. The molecular weight excluding hydrogens is 164 g/mol. The molecule has 0 saturated carbocycles. The van der Waals surface area contributed by atoms with E-state index in [1.807, 2.05) is 24.3 Å². The Balaban J connectivity index is 2.42. The molecule has 1 unspecified atom stereocenters. The van der Waals surface area contributed by atoms with Crippen molar-refractivity contribution >= 4 is 11.6 Å². The Hall–Kier alpha value is -1.51. The first-order valence-electron chi connectivity index (χ1n) is 4.41. The molecule has 3 heteroatoms. The first-order valence-corrected chi connectivity index (χ1v) is 4.41. The number of carbonyl (C=O) groups excluding carboxylic acids is 1. The van der Waals surface area contributed by atoms with Gasteiger partial charge in [-0.3, -0.25) is 4.79 Å². The fourth-order valence-corrected chi connectivity index (χ4v) is 1.76. The predicted molar refractivity (Wildman–Crippen MR) is 51.5 cm³/mol. The number of hydrogen-bond acceptors (Lipinski definition) is 2. The number of nitrogens with one attached hydrogen (secondary N) is 1. The van der Waals surface area contributed by atoms with E-state index >= 15 is 0 Å². The van der Waals surface area contributed by atoms with E-state index in [4.69, 9.17) is 5.73 Å². The molecule has 1 aliphatic rings. The highest BCUT2D eigenvalue weighted by Gasteiger charge is 2.23. The zero-order valence-electron chi connectivity index (χ0n) is 7.29. The van der Waals surface area contributed by atoms with Crippen molar-refractivity contribution < 1.29 is 4.79 Å². The minimum atomic E-state index is -0.228. The molecule has 0 saturated heterocycles. The number of carbonyl (C=O) groups is 1. The Bertz CT molecular complexity index is 335. The second-order valence-electron chi connectivity index (χ2n) is 3.26. The number of primary amides is 1. The summed E-state index contributed by atoms with van der Waals surface area (Å²) in [5.41, 5.74) is 7.38. The minimum Gasteiger partial charge on any atom is -0.385 e. The summed E-state index contributed by atoms with van der Waals surface area (Å²) < 4.78 is 0. The minimum absolute atomic E-state index is 0.113. The average Bonchev–Trinajstić information content (AvgIpc) is 2.17. The van der Waals surface area contributed by atoms with Crippen LogP contribution >= 0.6 is 0 Å². The molecule has 1 aromatic carbocycles. The number of benzene rings is 1. The van der Waals surface area contributed by atoms with Crippen LogP contribution in [0.2, 0.25) is 0 Å². The molecule has 0 radical (unpaired) electrons. The first kappa shape index (κ1) is 8.10. The normalized spacial score (nSPS) is 20.2. The highest BCUT2D eigenvalue weighted by molar-refractivity contribution is 5.84. The van der Waals surface area contributed by atoms with E-state index in [1.165, 1.54) is 0 Å². The van der Waals surface area contributed by atoms with Crippen molar-refractivity contribution in [3.63, 3.8) is 0 Å². The van der Waals surface area contributed by atoms with Crippen LogP contribution < -0.4 is 11.1 Å². The molecule has 1 heterocycles. The molecule has 0 aliphatic carbocycles. The van der Waals surface area contributed by atoms with Crippen molar-refractivity contribution in [2.24, 2.45) is 5.73 Å². The van der Waals surface area contributed by atoms with Crippen molar-refractivity contribution in [1.29, 1.82) is 0 Å². The van der Waals surface area contributed by atoms with E-state index in [9.17, 15) is 4.79 Å². The van der Waals surface area contributed by atoms with Gasteiger partial charge in [0.2, 0.25) is 5.91 Å². The summed E-state index contributed by atoms with van der Waals surface area (Å²) in [5.74, 6) is -0.341. The number of rotatable bonds is 1. The molecular formula is C10H12N2O. The van der Waals surface area contributed by atoms with Gasteiger partial charge in [-0.15, -0.1) is 0 Å². The number of para-hydroxylation sites is 1. The molecule has 0 fully saturated rings. The van der Waals surface area contributed by atoms with Gasteiger partial charge in [-0.1, -0.05) is 18.2 Å². The van der Waals surface area contributed by atoms with Gasteiger partial charge in [0.25, 0.3) is 0 Å². The fourth-order valence-electron chi connectivity index (χ4n) is 1.76. The molecule has 68 valence electrons. The van der Waals surface area contributed by atoms with E-state index in [2.05, 4.69) is 5.32 Å². The third-order valence-corrected chi connectivity index (χ3v) is 2.43. The van der Waals surface area contributed by atoms with E-state index < -0.39 is 0 Å². The van der Waals surface area contributed by atoms with Crippen LogP contribution in [0.4, 0.5) is 5.69 Å². The second kappa shape index (κ2) is 3.09. The van der Waals surface area contributed by atoms with Crippen LogP contribution in [0.1, 0.15) is 17.9 Å². The Labute approximate surface area is 76.9 Å². The number of hydrogen-bond donors (Lipinski definition) is 2. The summed E-state index contributed by atoms with van der Waals surface area (Å²) in [6, 6.07) is 7.82.